The van der Waals surface area contributed by atoms with Crippen molar-refractivity contribution in [3.8, 4) is 0 Å². The molecule has 2 atom stereocenters. The van der Waals surface area contributed by atoms with E-state index in [-0.39, 0.29) is 25.4 Å². The van der Waals surface area contributed by atoms with Gasteiger partial charge < -0.3 is 14.4 Å². The third-order valence-corrected chi connectivity index (χ3v) is 10.7. The van der Waals surface area contributed by atoms with Crippen LogP contribution in [0.15, 0.2) is 60.8 Å². The topological polar surface area (TPSA) is 108 Å². The van der Waals surface area contributed by atoms with E-state index in [2.05, 4.69) is 79.1 Å². The molecule has 0 aliphatic carbocycles. The van der Waals surface area contributed by atoms with Crippen molar-refractivity contribution in [2.24, 2.45) is 0 Å². The second-order valence-electron chi connectivity index (χ2n) is 15.2. The molecule has 0 aliphatic heterocycles. The number of phosphoric acid groups is 1. The Hall–Kier alpha value is -2.25. The summed E-state index contributed by atoms with van der Waals surface area (Å²) in [6.45, 7) is 3.77. The van der Waals surface area contributed by atoms with Crippen molar-refractivity contribution in [1.82, 2.24) is 0 Å². The summed E-state index contributed by atoms with van der Waals surface area (Å²) in [5.41, 5.74) is 0. The Morgan fingerprint density at radius 1 is 0.509 bits per heavy atom. The van der Waals surface area contributed by atoms with Gasteiger partial charge in [0.15, 0.2) is 6.10 Å². The van der Waals surface area contributed by atoms with Crippen molar-refractivity contribution < 1.29 is 37.6 Å². The number of hydrogen-bond acceptors (Lipinski definition) is 7. The molecule has 0 fully saturated rings. The molecule has 0 saturated carbocycles. The first-order chi connectivity index (χ1) is 27.8. The summed E-state index contributed by atoms with van der Waals surface area (Å²) >= 11 is 0. The minimum atomic E-state index is -4.27. The average molecular weight is 821 g/mol. The summed E-state index contributed by atoms with van der Waals surface area (Å²) in [4.78, 5) is 34.5. The van der Waals surface area contributed by atoms with Gasteiger partial charge in [0.05, 0.1) is 6.61 Å². The Bertz CT molecular complexity index is 1110. The van der Waals surface area contributed by atoms with Crippen LogP contribution in [-0.2, 0) is 32.7 Å². The lowest BCUT2D eigenvalue weighted by Crippen LogP contribution is -2.29. The number of phosphoric ester groups is 1. The molecule has 2 unspecified atom stereocenters. The Balaban J connectivity index is 3.96. The highest BCUT2D eigenvalue weighted by atomic mass is 31.2. The van der Waals surface area contributed by atoms with Crippen molar-refractivity contribution in [2.45, 2.75) is 213 Å². The molecule has 0 aromatic carbocycles. The summed E-state index contributed by atoms with van der Waals surface area (Å²) in [5.74, 6) is -0.818. The second-order valence-corrected chi connectivity index (χ2v) is 16.7. The number of esters is 2. The lowest BCUT2D eigenvalue weighted by atomic mass is 10.0. The van der Waals surface area contributed by atoms with Gasteiger partial charge in [-0.25, -0.2) is 4.57 Å². The van der Waals surface area contributed by atoms with Crippen LogP contribution < -0.4 is 0 Å². The number of allylic oxidation sites excluding steroid dienone is 10. The normalized spacial score (nSPS) is 13.8. The van der Waals surface area contributed by atoms with Gasteiger partial charge in [0.2, 0.25) is 0 Å². The maximum atomic E-state index is 12.5. The van der Waals surface area contributed by atoms with Gasteiger partial charge in [-0.2, -0.15) is 0 Å². The fourth-order valence-corrected chi connectivity index (χ4v) is 6.69. The molecule has 0 aromatic heterocycles. The summed E-state index contributed by atoms with van der Waals surface area (Å²) in [7, 11) is -3.21. The zero-order valence-electron chi connectivity index (χ0n) is 36.7. The zero-order valence-corrected chi connectivity index (χ0v) is 37.6. The standard InChI is InChI=1S/C48H85O8P/c1-4-6-8-10-12-14-16-18-20-21-22-23-24-25-26-27-29-31-33-35-37-39-41-43-48(50)56-46(45-55-57(51,52)53-3)44-54-47(49)42-40-38-36-34-32-30-28-19-17-15-13-11-9-7-5-2/h6,8,12,14,18-20,22-23,28,46H,4-5,7,9-11,13,15-17,21,24-27,29-45H2,1-3H3,(H,51,52)/b8-6-,14-12-,20-18-,23-22-,28-19-. The molecule has 0 aliphatic rings. The maximum absolute atomic E-state index is 12.5. The van der Waals surface area contributed by atoms with E-state index in [1.165, 1.54) is 83.5 Å². The predicted molar refractivity (Wildman–Crippen MR) is 239 cm³/mol. The quantitative estimate of drug-likeness (QED) is 0.0281. The summed E-state index contributed by atoms with van der Waals surface area (Å²) in [5, 5.41) is 0. The SMILES string of the molecule is CC/C=C\C/C=C\C/C=C\C/C=C\CCCCCCCCCCCCC(=O)OC(COC(=O)CCCCCCC/C=C\CCCCCCCC)COP(=O)(O)OC. The first-order valence-corrected chi connectivity index (χ1v) is 24.5. The third-order valence-electron chi connectivity index (χ3n) is 9.75. The highest BCUT2D eigenvalue weighted by Gasteiger charge is 2.24. The Morgan fingerprint density at radius 3 is 1.35 bits per heavy atom. The molecule has 9 heteroatoms. The molecule has 57 heavy (non-hydrogen) atoms. The van der Waals surface area contributed by atoms with Gasteiger partial charge in [0.1, 0.15) is 6.61 Å². The van der Waals surface area contributed by atoms with Gasteiger partial charge in [0.25, 0.3) is 0 Å². The number of unbranched alkanes of at least 4 members (excludes halogenated alkanes) is 21. The molecule has 0 bridgehead atoms. The summed E-state index contributed by atoms with van der Waals surface area (Å²) < 4.78 is 32.0. The van der Waals surface area contributed by atoms with E-state index in [9.17, 15) is 19.0 Å². The van der Waals surface area contributed by atoms with Crippen molar-refractivity contribution in [3.05, 3.63) is 60.8 Å². The number of carbonyl (C=O) groups is 2. The minimum Gasteiger partial charge on any atom is -0.462 e. The van der Waals surface area contributed by atoms with Crippen LogP contribution in [0, 0.1) is 0 Å². The van der Waals surface area contributed by atoms with Crippen LogP contribution in [0.25, 0.3) is 0 Å². The third kappa shape index (κ3) is 43.2. The van der Waals surface area contributed by atoms with Crippen LogP contribution in [0.1, 0.15) is 206 Å². The van der Waals surface area contributed by atoms with Crippen molar-refractivity contribution >= 4 is 19.8 Å². The van der Waals surface area contributed by atoms with Crippen LogP contribution in [-0.4, -0.2) is 43.3 Å². The molecule has 0 rings (SSSR count). The molecule has 0 amide bonds. The van der Waals surface area contributed by atoms with Gasteiger partial charge in [-0.3, -0.25) is 18.6 Å². The summed E-state index contributed by atoms with van der Waals surface area (Å²) in [6, 6.07) is 0. The van der Waals surface area contributed by atoms with Gasteiger partial charge in [-0.05, 0) is 77.0 Å². The van der Waals surface area contributed by atoms with E-state index in [0.29, 0.717) is 6.42 Å². The molecule has 0 radical (unpaired) electrons. The first-order valence-electron chi connectivity index (χ1n) is 23.0. The lowest BCUT2D eigenvalue weighted by Gasteiger charge is -2.19. The number of ether oxygens (including phenoxy) is 2. The van der Waals surface area contributed by atoms with Gasteiger partial charge >= 0.3 is 19.8 Å². The molecule has 0 aromatic rings. The Kier molecular flexibility index (Phi) is 41.6. The molecule has 1 N–H and O–H groups in total. The number of hydrogen-bond donors (Lipinski definition) is 1. The van der Waals surface area contributed by atoms with E-state index in [1.807, 2.05) is 0 Å². The fraction of sp³-hybridized carbons (Fsp3) is 0.750. The molecule has 330 valence electrons. The molecule has 0 spiro atoms. The summed E-state index contributed by atoms with van der Waals surface area (Å²) in [6.07, 6.45) is 54.2. The minimum absolute atomic E-state index is 0.232. The first kappa shape index (κ1) is 54.8. The van der Waals surface area contributed by atoms with E-state index < -0.39 is 26.5 Å². The van der Waals surface area contributed by atoms with Gasteiger partial charge in [0, 0.05) is 20.0 Å². The molecule has 0 heterocycles. The van der Waals surface area contributed by atoms with E-state index >= 15 is 0 Å². The monoisotopic (exact) mass is 821 g/mol. The molecule has 0 saturated heterocycles. The molecule has 8 nitrogen and oxygen atoms in total. The number of rotatable bonds is 42. The Labute approximate surface area is 350 Å². The van der Waals surface area contributed by atoms with Crippen LogP contribution in [0.3, 0.4) is 0 Å². The fourth-order valence-electron chi connectivity index (χ4n) is 6.23. The van der Waals surface area contributed by atoms with Crippen molar-refractivity contribution in [2.75, 3.05) is 20.3 Å². The van der Waals surface area contributed by atoms with Crippen LogP contribution >= 0.6 is 7.82 Å². The highest BCUT2D eigenvalue weighted by molar-refractivity contribution is 7.47. The molecular weight excluding hydrogens is 735 g/mol. The van der Waals surface area contributed by atoms with E-state index in [1.54, 1.807) is 0 Å². The maximum Gasteiger partial charge on any atom is 0.472 e. The Morgan fingerprint density at radius 2 is 0.895 bits per heavy atom. The largest absolute Gasteiger partial charge is 0.472 e. The molecular formula is C48H85O8P. The van der Waals surface area contributed by atoms with Crippen molar-refractivity contribution in [3.63, 3.8) is 0 Å². The lowest BCUT2D eigenvalue weighted by molar-refractivity contribution is -0.161. The van der Waals surface area contributed by atoms with Gasteiger partial charge in [-0.1, -0.05) is 177 Å². The zero-order chi connectivity index (χ0) is 41.8. The van der Waals surface area contributed by atoms with E-state index in [0.717, 1.165) is 97.0 Å². The van der Waals surface area contributed by atoms with Crippen LogP contribution in [0.2, 0.25) is 0 Å². The van der Waals surface area contributed by atoms with Crippen LogP contribution in [0.4, 0.5) is 0 Å². The number of carbonyl (C=O) groups excluding carboxylic acids is 2. The predicted octanol–water partition coefficient (Wildman–Crippen LogP) is 14.7. The van der Waals surface area contributed by atoms with Crippen LogP contribution in [0.5, 0.6) is 0 Å². The van der Waals surface area contributed by atoms with Gasteiger partial charge in [-0.15, -0.1) is 0 Å². The van der Waals surface area contributed by atoms with Crippen molar-refractivity contribution in [1.29, 1.82) is 0 Å². The highest BCUT2D eigenvalue weighted by Crippen LogP contribution is 2.42. The second kappa shape index (κ2) is 43.3. The average Bonchev–Trinajstić information content (AvgIpc) is 3.20. The van der Waals surface area contributed by atoms with E-state index in [4.69, 9.17) is 14.0 Å². The smallest absolute Gasteiger partial charge is 0.462 e.